The Bertz CT molecular complexity index is 407. The summed E-state index contributed by atoms with van der Waals surface area (Å²) in [5.74, 6) is -3.30. The van der Waals surface area contributed by atoms with Crippen LogP contribution in [0.2, 0.25) is 0 Å². The van der Waals surface area contributed by atoms with Crippen LogP contribution in [0.1, 0.15) is 12.5 Å². The van der Waals surface area contributed by atoms with Crippen molar-refractivity contribution in [1.29, 1.82) is 0 Å². The minimum atomic E-state index is -1.26. The lowest BCUT2D eigenvalue weighted by molar-refractivity contribution is -0.118. The highest BCUT2D eigenvalue weighted by Crippen LogP contribution is 2.21. The van der Waals surface area contributed by atoms with Crippen molar-refractivity contribution in [3.05, 3.63) is 35.4 Å². The van der Waals surface area contributed by atoms with Crippen molar-refractivity contribution in [2.75, 3.05) is 6.54 Å². The standard InChI is InChI=1S/C11H11F2NO2/c1-7(15)14-4-2-3-8-5-9(12)11(13)10(16)6-8/h2-3,5-6,16H,4H2,1H3,(H,14,15). The third-order valence-corrected chi connectivity index (χ3v) is 1.81. The van der Waals surface area contributed by atoms with Crippen LogP contribution in [0.5, 0.6) is 5.75 Å². The molecule has 5 heteroatoms. The zero-order valence-electron chi connectivity index (χ0n) is 8.63. The van der Waals surface area contributed by atoms with Gasteiger partial charge in [0.05, 0.1) is 0 Å². The summed E-state index contributed by atoms with van der Waals surface area (Å²) in [7, 11) is 0. The lowest BCUT2D eigenvalue weighted by Gasteiger charge is -1.99. The van der Waals surface area contributed by atoms with Gasteiger partial charge in [-0.1, -0.05) is 12.2 Å². The summed E-state index contributed by atoms with van der Waals surface area (Å²) in [6, 6.07) is 2.06. The Balaban J connectivity index is 2.71. The topological polar surface area (TPSA) is 49.3 Å². The summed E-state index contributed by atoms with van der Waals surface area (Å²) in [5.41, 5.74) is 0.321. The Morgan fingerprint density at radius 1 is 1.50 bits per heavy atom. The summed E-state index contributed by atoms with van der Waals surface area (Å²) in [6.45, 7) is 1.66. The van der Waals surface area contributed by atoms with Gasteiger partial charge in [0.2, 0.25) is 5.91 Å². The summed E-state index contributed by atoms with van der Waals surface area (Å²) < 4.78 is 25.5. The zero-order chi connectivity index (χ0) is 12.1. The predicted molar refractivity (Wildman–Crippen MR) is 55.7 cm³/mol. The average Bonchev–Trinajstić information content (AvgIpc) is 2.20. The molecule has 1 rings (SSSR count). The van der Waals surface area contributed by atoms with Crippen molar-refractivity contribution >= 4 is 12.0 Å². The molecule has 0 fully saturated rings. The number of amides is 1. The second-order valence-electron chi connectivity index (χ2n) is 3.18. The smallest absolute Gasteiger partial charge is 0.217 e. The number of carbonyl (C=O) groups is 1. The van der Waals surface area contributed by atoms with Gasteiger partial charge in [0.15, 0.2) is 17.4 Å². The Morgan fingerprint density at radius 3 is 2.75 bits per heavy atom. The summed E-state index contributed by atoms with van der Waals surface area (Å²) >= 11 is 0. The highest BCUT2D eigenvalue weighted by atomic mass is 19.2. The van der Waals surface area contributed by atoms with Crippen LogP contribution in [0, 0.1) is 11.6 Å². The fourth-order valence-corrected chi connectivity index (χ4v) is 1.09. The number of benzene rings is 1. The Kier molecular flexibility index (Phi) is 3.99. The Morgan fingerprint density at radius 2 is 2.19 bits per heavy atom. The number of nitrogens with one attached hydrogen (secondary N) is 1. The molecule has 0 saturated heterocycles. The van der Waals surface area contributed by atoms with Gasteiger partial charge in [-0.25, -0.2) is 4.39 Å². The highest BCUT2D eigenvalue weighted by Gasteiger charge is 2.07. The van der Waals surface area contributed by atoms with E-state index in [1.165, 1.54) is 13.0 Å². The van der Waals surface area contributed by atoms with E-state index in [4.69, 9.17) is 5.11 Å². The van der Waals surface area contributed by atoms with Gasteiger partial charge >= 0.3 is 0 Å². The largest absolute Gasteiger partial charge is 0.505 e. The van der Waals surface area contributed by atoms with E-state index >= 15 is 0 Å². The fraction of sp³-hybridized carbons (Fsp3) is 0.182. The van der Waals surface area contributed by atoms with Crippen LogP contribution in [0.4, 0.5) is 8.78 Å². The van der Waals surface area contributed by atoms with Gasteiger partial charge < -0.3 is 10.4 Å². The molecule has 1 aromatic rings. The molecule has 3 nitrogen and oxygen atoms in total. The fourth-order valence-electron chi connectivity index (χ4n) is 1.09. The molecule has 1 aromatic carbocycles. The number of hydrogen-bond acceptors (Lipinski definition) is 2. The summed E-state index contributed by atoms with van der Waals surface area (Å²) in [5, 5.41) is 11.5. The van der Waals surface area contributed by atoms with Crippen LogP contribution < -0.4 is 5.32 Å². The van der Waals surface area contributed by atoms with Crippen LogP contribution in [-0.2, 0) is 4.79 Å². The molecule has 1 amide bonds. The molecular weight excluding hydrogens is 216 g/mol. The van der Waals surface area contributed by atoms with Crippen molar-refractivity contribution in [1.82, 2.24) is 5.32 Å². The van der Waals surface area contributed by atoms with E-state index in [1.807, 2.05) is 0 Å². The summed E-state index contributed by atoms with van der Waals surface area (Å²) in [4.78, 5) is 10.5. The second kappa shape index (κ2) is 5.25. The first-order valence-electron chi connectivity index (χ1n) is 4.59. The third kappa shape index (κ3) is 3.34. The minimum absolute atomic E-state index is 0.183. The number of rotatable bonds is 3. The number of carbonyl (C=O) groups excluding carboxylic acids is 1. The van der Waals surface area contributed by atoms with E-state index < -0.39 is 17.4 Å². The highest BCUT2D eigenvalue weighted by molar-refractivity contribution is 5.73. The molecule has 0 saturated carbocycles. The van der Waals surface area contributed by atoms with Crippen molar-refractivity contribution in [2.24, 2.45) is 0 Å². The molecule has 0 atom stereocenters. The normalized spacial score (nSPS) is 10.7. The van der Waals surface area contributed by atoms with E-state index in [-0.39, 0.29) is 12.5 Å². The molecule has 0 aliphatic heterocycles. The molecule has 0 radical (unpaired) electrons. The molecule has 0 spiro atoms. The van der Waals surface area contributed by atoms with Gasteiger partial charge in [-0.2, -0.15) is 4.39 Å². The van der Waals surface area contributed by atoms with E-state index in [9.17, 15) is 13.6 Å². The Hall–Kier alpha value is -1.91. The van der Waals surface area contributed by atoms with Gasteiger partial charge in [0, 0.05) is 13.5 Å². The van der Waals surface area contributed by atoms with E-state index in [0.717, 1.165) is 12.1 Å². The first-order chi connectivity index (χ1) is 7.50. The van der Waals surface area contributed by atoms with Gasteiger partial charge in [-0.3, -0.25) is 4.79 Å². The van der Waals surface area contributed by atoms with Crippen molar-refractivity contribution in [3.8, 4) is 5.75 Å². The van der Waals surface area contributed by atoms with Gasteiger partial charge in [-0.05, 0) is 17.7 Å². The molecule has 0 aromatic heterocycles. The first-order valence-corrected chi connectivity index (χ1v) is 4.59. The lowest BCUT2D eigenvalue weighted by atomic mass is 10.2. The predicted octanol–water partition coefficient (Wildman–Crippen LogP) is 1.82. The maximum Gasteiger partial charge on any atom is 0.217 e. The molecular formula is C11H11F2NO2. The van der Waals surface area contributed by atoms with E-state index in [2.05, 4.69) is 5.32 Å². The van der Waals surface area contributed by atoms with Crippen LogP contribution in [0.3, 0.4) is 0 Å². The van der Waals surface area contributed by atoms with Crippen LogP contribution in [0.15, 0.2) is 18.2 Å². The number of halogens is 2. The van der Waals surface area contributed by atoms with Gasteiger partial charge in [0.25, 0.3) is 0 Å². The average molecular weight is 227 g/mol. The zero-order valence-corrected chi connectivity index (χ0v) is 8.63. The lowest BCUT2D eigenvalue weighted by Crippen LogP contribution is -2.19. The third-order valence-electron chi connectivity index (χ3n) is 1.81. The van der Waals surface area contributed by atoms with Crippen molar-refractivity contribution in [2.45, 2.75) is 6.92 Å². The number of phenolic OH excluding ortho intramolecular Hbond substituents is 1. The molecule has 2 N–H and O–H groups in total. The molecule has 0 heterocycles. The summed E-state index contributed by atoms with van der Waals surface area (Å²) in [6.07, 6.45) is 3.03. The monoisotopic (exact) mass is 227 g/mol. The maximum absolute atomic E-state index is 12.8. The molecule has 0 aliphatic carbocycles. The van der Waals surface area contributed by atoms with Crippen LogP contribution >= 0.6 is 0 Å². The van der Waals surface area contributed by atoms with E-state index in [0.29, 0.717) is 5.56 Å². The number of aromatic hydroxyl groups is 1. The molecule has 86 valence electrons. The molecule has 0 aliphatic rings. The molecule has 0 bridgehead atoms. The van der Waals surface area contributed by atoms with Gasteiger partial charge in [-0.15, -0.1) is 0 Å². The first kappa shape index (κ1) is 12.2. The second-order valence-corrected chi connectivity index (χ2v) is 3.18. The number of phenols is 1. The van der Waals surface area contributed by atoms with Crippen molar-refractivity contribution < 1.29 is 18.7 Å². The van der Waals surface area contributed by atoms with Crippen molar-refractivity contribution in [3.63, 3.8) is 0 Å². The van der Waals surface area contributed by atoms with Crippen LogP contribution in [-0.4, -0.2) is 17.6 Å². The SMILES string of the molecule is CC(=O)NCC=Cc1cc(O)c(F)c(F)c1. The molecule has 16 heavy (non-hydrogen) atoms. The number of hydrogen-bond donors (Lipinski definition) is 2. The maximum atomic E-state index is 12.8. The quantitative estimate of drug-likeness (QED) is 0.827. The Labute approximate surface area is 91.4 Å². The minimum Gasteiger partial charge on any atom is -0.505 e. The molecule has 0 unspecified atom stereocenters. The van der Waals surface area contributed by atoms with E-state index in [1.54, 1.807) is 6.08 Å². The van der Waals surface area contributed by atoms with Gasteiger partial charge in [0.1, 0.15) is 0 Å². The van der Waals surface area contributed by atoms with Crippen LogP contribution in [0.25, 0.3) is 6.08 Å².